The van der Waals surface area contributed by atoms with E-state index in [1.165, 1.54) is 27.9 Å². The highest BCUT2D eigenvalue weighted by molar-refractivity contribution is 6.09. The normalized spacial score (nSPS) is 13.9. The molecule has 0 aliphatic carbocycles. The number of aromatic nitrogens is 2. The van der Waals surface area contributed by atoms with Crippen molar-refractivity contribution < 1.29 is 4.74 Å². The smallest absolute Gasteiger partial charge is 0.137 e. The van der Waals surface area contributed by atoms with Crippen molar-refractivity contribution in [1.82, 2.24) is 9.55 Å². The van der Waals surface area contributed by atoms with Crippen LogP contribution < -0.4 is 14.5 Å². The molecular formula is C50H52N4O. The molecule has 2 aromatic heterocycles. The van der Waals surface area contributed by atoms with Gasteiger partial charge in [-0.05, 0) is 87.7 Å². The molecule has 0 saturated heterocycles. The Balaban J connectivity index is 1.22. The van der Waals surface area contributed by atoms with Crippen molar-refractivity contribution >= 4 is 33.2 Å². The van der Waals surface area contributed by atoms with Crippen LogP contribution in [0.2, 0.25) is 0 Å². The summed E-state index contributed by atoms with van der Waals surface area (Å²) in [6.45, 7) is 21.1. The van der Waals surface area contributed by atoms with E-state index < -0.39 is 0 Å². The fourth-order valence-corrected chi connectivity index (χ4v) is 7.61. The van der Waals surface area contributed by atoms with E-state index in [4.69, 9.17) is 9.72 Å². The van der Waals surface area contributed by atoms with Crippen molar-refractivity contribution in [2.24, 2.45) is 5.41 Å². The van der Waals surface area contributed by atoms with E-state index in [2.05, 4.69) is 210 Å². The van der Waals surface area contributed by atoms with Gasteiger partial charge in [0.2, 0.25) is 0 Å². The Morgan fingerprint density at radius 1 is 0.527 bits per heavy atom. The highest BCUT2D eigenvalue weighted by Crippen LogP contribution is 2.42. The van der Waals surface area contributed by atoms with Gasteiger partial charge in [-0.3, -0.25) is 4.57 Å². The Labute approximate surface area is 326 Å². The lowest BCUT2D eigenvalue weighted by Gasteiger charge is -2.32. The van der Waals surface area contributed by atoms with Crippen molar-refractivity contribution in [3.8, 4) is 28.4 Å². The van der Waals surface area contributed by atoms with Crippen molar-refractivity contribution in [1.29, 1.82) is 0 Å². The first-order chi connectivity index (χ1) is 26.1. The predicted octanol–water partition coefficient (Wildman–Crippen LogP) is 13.4. The molecule has 0 saturated carbocycles. The molecular weight excluding hydrogens is 673 g/mol. The van der Waals surface area contributed by atoms with E-state index in [1.807, 2.05) is 6.20 Å². The van der Waals surface area contributed by atoms with E-state index in [0.717, 1.165) is 50.6 Å². The number of ether oxygens (including phenoxy) is 1. The lowest BCUT2D eigenvalue weighted by Crippen LogP contribution is -2.30. The molecule has 0 amide bonds. The van der Waals surface area contributed by atoms with Gasteiger partial charge in [-0.25, -0.2) is 4.98 Å². The molecule has 3 heterocycles. The zero-order chi connectivity index (χ0) is 38.7. The molecule has 0 bridgehead atoms. The summed E-state index contributed by atoms with van der Waals surface area (Å²) in [6, 6.07) is 45.5. The Bertz CT molecular complexity index is 2560. The van der Waals surface area contributed by atoms with Gasteiger partial charge in [0.25, 0.3) is 0 Å². The number of nitrogens with zero attached hydrogens (tertiary/aromatic N) is 4. The second-order valence-electron chi connectivity index (χ2n) is 18.0. The molecule has 55 heavy (non-hydrogen) atoms. The Hall–Kier alpha value is -5.81. The van der Waals surface area contributed by atoms with Crippen LogP contribution in [0.15, 0.2) is 145 Å². The van der Waals surface area contributed by atoms with Gasteiger partial charge >= 0.3 is 0 Å². The summed E-state index contributed by atoms with van der Waals surface area (Å²) in [7, 11) is 0. The first kappa shape index (κ1) is 36.2. The van der Waals surface area contributed by atoms with Crippen LogP contribution in [0.5, 0.6) is 11.5 Å². The standard InChI is InChI=1S/C50H52N4O/c1-48(2,3)36-18-15-19-38(28-36)53-33-52(32-46(53)50(7,8)9)39-26-35(34-16-11-10-12-17-34)27-41(30-39)55-40-22-23-43-42-20-13-14-21-44(42)54(45(43)31-40)47-29-37(24-25-51-47)49(4,5)6/h10-32H,33H2,1-9H3. The summed E-state index contributed by atoms with van der Waals surface area (Å²) < 4.78 is 9.15. The van der Waals surface area contributed by atoms with Gasteiger partial charge in [0, 0.05) is 57.8 Å². The van der Waals surface area contributed by atoms with Crippen molar-refractivity contribution in [2.45, 2.75) is 73.1 Å². The van der Waals surface area contributed by atoms with Crippen LogP contribution in [0.4, 0.5) is 11.4 Å². The number of fused-ring (bicyclic) bond motifs is 3. The highest BCUT2D eigenvalue weighted by atomic mass is 16.5. The Morgan fingerprint density at radius 3 is 1.98 bits per heavy atom. The van der Waals surface area contributed by atoms with Gasteiger partial charge < -0.3 is 14.5 Å². The number of benzene rings is 5. The molecule has 5 aromatic carbocycles. The van der Waals surface area contributed by atoms with E-state index >= 15 is 0 Å². The largest absolute Gasteiger partial charge is 0.457 e. The van der Waals surface area contributed by atoms with Gasteiger partial charge in [0.05, 0.1) is 17.7 Å². The predicted molar refractivity (Wildman–Crippen MR) is 232 cm³/mol. The number of allylic oxidation sites excluding steroid dienone is 1. The van der Waals surface area contributed by atoms with Crippen LogP contribution >= 0.6 is 0 Å². The summed E-state index contributed by atoms with van der Waals surface area (Å²) in [5.41, 5.74) is 10.5. The highest BCUT2D eigenvalue weighted by Gasteiger charge is 2.32. The molecule has 278 valence electrons. The molecule has 1 aliphatic heterocycles. The fourth-order valence-electron chi connectivity index (χ4n) is 7.61. The molecule has 0 radical (unpaired) electrons. The zero-order valence-corrected chi connectivity index (χ0v) is 33.7. The van der Waals surface area contributed by atoms with Crippen LogP contribution in [0, 0.1) is 5.41 Å². The summed E-state index contributed by atoms with van der Waals surface area (Å²) in [4.78, 5) is 9.70. The van der Waals surface area contributed by atoms with Crippen molar-refractivity contribution in [3.63, 3.8) is 0 Å². The minimum absolute atomic E-state index is 0.00212. The maximum atomic E-state index is 6.88. The van der Waals surface area contributed by atoms with E-state index in [0.29, 0.717) is 6.67 Å². The third kappa shape index (κ3) is 7.12. The molecule has 7 aromatic rings. The average Bonchev–Trinajstić information content (AvgIpc) is 3.75. The molecule has 0 atom stereocenters. The van der Waals surface area contributed by atoms with Crippen LogP contribution in [0.3, 0.4) is 0 Å². The van der Waals surface area contributed by atoms with Crippen LogP contribution in [-0.4, -0.2) is 16.2 Å². The molecule has 0 fully saturated rings. The van der Waals surface area contributed by atoms with Crippen LogP contribution in [0.25, 0.3) is 38.8 Å². The number of anilines is 2. The summed E-state index contributed by atoms with van der Waals surface area (Å²) in [5, 5.41) is 2.35. The summed E-state index contributed by atoms with van der Waals surface area (Å²) in [6.07, 6.45) is 4.24. The quantitative estimate of drug-likeness (QED) is 0.171. The second-order valence-corrected chi connectivity index (χ2v) is 18.0. The van der Waals surface area contributed by atoms with E-state index in [1.54, 1.807) is 0 Å². The van der Waals surface area contributed by atoms with E-state index in [9.17, 15) is 0 Å². The molecule has 0 spiro atoms. The lowest BCUT2D eigenvalue weighted by molar-refractivity contribution is 0.483. The van der Waals surface area contributed by atoms with Gasteiger partial charge in [0.1, 0.15) is 17.3 Å². The number of rotatable bonds is 6. The SMILES string of the molecule is CC(C)(C)C1=CN(c2cc(Oc3ccc4c5ccccc5n(-c5cc(C(C)(C)C)ccn5)c4c3)cc(-c3ccccc3)c2)CN1c1cccc(C(C)(C)C)c1. The second kappa shape index (κ2) is 13.5. The maximum absolute atomic E-state index is 6.88. The lowest BCUT2D eigenvalue weighted by atomic mass is 9.86. The Kier molecular flexibility index (Phi) is 8.87. The maximum Gasteiger partial charge on any atom is 0.137 e. The van der Waals surface area contributed by atoms with Crippen molar-refractivity contribution in [3.05, 3.63) is 157 Å². The Morgan fingerprint density at radius 2 is 1.24 bits per heavy atom. The van der Waals surface area contributed by atoms with Gasteiger partial charge in [0.15, 0.2) is 0 Å². The minimum atomic E-state index is -0.0714. The number of hydrogen-bond acceptors (Lipinski definition) is 4. The molecule has 5 heteroatoms. The van der Waals surface area contributed by atoms with Gasteiger partial charge in [-0.2, -0.15) is 0 Å². The van der Waals surface area contributed by atoms with Gasteiger partial charge in [-0.15, -0.1) is 0 Å². The van der Waals surface area contributed by atoms with E-state index in [-0.39, 0.29) is 16.2 Å². The third-order valence-electron chi connectivity index (χ3n) is 10.7. The third-order valence-corrected chi connectivity index (χ3v) is 10.7. The van der Waals surface area contributed by atoms with Gasteiger partial charge in [-0.1, -0.05) is 123 Å². The first-order valence-electron chi connectivity index (χ1n) is 19.4. The van der Waals surface area contributed by atoms with Crippen LogP contribution in [-0.2, 0) is 10.8 Å². The monoisotopic (exact) mass is 724 g/mol. The molecule has 0 N–H and O–H groups in total. The molecule has 1 aliphatic rings. The topological polar surface area (TPSA) is 33.5 Å². The van der Waals surface area contributed by atoms with Crippen LogP contribution in [0.1, 0.15) is 73.4 Å². The molecule has 5 nitrogen and oxygen atoms in total. The average molecular weight is 725 g/mol. The minimum Gasteiger partial charge on any atom is -0.457 e. The van der Waals surface area contributed by atoms with Crippen molar-refractivity contribution in [2.75, 3.05) is 16.5 Å². The summed E-state index contributed by atoms with van der Waals surface area (Å²) >= 11 is 0. The number of hydrogen-bond donors (Lipinski definition) is 0. The fraction of sp³-hybridized carbons (Fsp3) is 0.260. The molecule has 0 unspecified atom stereocenters. The zero-order valence-electron chi connectivity index (χ0n) is 33.7. The number of pyridine rings is 1. The summed E-state index contributed by atoms with van der Waals surface area (Å²) in [5.74, 6) is 2.45. The number of para-hydroxylation sites is 1. The first-order valence-corrected chi connectivity index (χ1v) is 19.4. The molecule has 8 rings (SSSR count).